The van der Waals surface area contributed by atoms with Crippen LogP contribution >= 0.6 is 0 Å². The van der Waals surface area contributed by atoms with Crippen molar-refractivity contribution in [3.8, 4) is 0 Å². The highest BCUT2D eigenvalue weighted by molar-refractivity contribution is 5.83. The van der Waals surface area contributed by atoms with Crippen molar-refractivity contribution in [1.82, 2.24) is 10.6 Å². The Hall–Kier alpha value is -1.49. The largest absolute Gasteiger partial charge is 0.351 e. The van der Waals surface area contributed by atoms with Gasteiger partial charge in [0.2, 0.25) is 5.91 Å². The summed E-state index contributed by atoms with van der Waals surface area (Å²) in [6.07, 6.45) is 3.52. The van der Waals surface area contributed by atoms with E-state index in [1.54, 1.807) is 0 Å². The number of nitrogens with one attached hydrogen (secondary N) is 2. The van der Waals surface area contributed by atoms with Crippen molar-refractivity contribution < 1.29 is 13.6 Å². The first-order valence-corrected chi connectivity index (χ1v) is 7.50. The quantitative estimate of drug-likeness (QED) is 0.877. The summed E-state index contributed by atoms with van der Waals surface area (Å²) in [5.41, 5.74) is -0.240. The molecule has 2 N–H and O–H groups in total. The smallest absolute Gasteiger partial charge is 0.227 e. The first-order valence-electron chi connectivity index (χ1n) is 7.50. The molecule has 1 aromatic carbocycles. The van der Waals surface area contributed by atoms with Gasteiger partial charge in [-0.1, -0.05) is 13.3 Å². The molecule has 0 bridgehead atoms. The van der Waals surface area contributed by atoms with E-state index in [-0.39, 0.29) is 18.0 Å². The van der Waals surface area contributed by atoms with E-state index in [0.717, 1.165) is 50.4 Å². The average Bonchev–Trinajstić information content (AvgIpc) is 2.49. The molecule has 1 aromatic rings. The number of rotatable bonds is 5. The molecule has 1 aliphatic rings. The Bertz CT molecular complexity index is 494. The zero-order chi connectivity index (χ0) is 15.3. The Labute approximate surface area is 124 Å². The molecule has 1 atom stereocenters. The van der Waals surface area contributed by atoms with Crippen LogP contribution in [0.5, 0.6) is 0 Å². The summed E-state index contributed by atoms with van der Waals surface area (Å²) in [6.45, 7) is 3.65. The van der Waals surface area contributed by atoms with Crippen molar-refractivity contribution >= 4 is 5.91 Å². The number of benzene rings is 1. The number of carbonyl (C=O) groups excluding carboxylic acids is 1. The molecule has 3 nitrogen and oxygen atoms in total. The number of carbonyl (C=O) groups is 1. The molecule has 1 saturated heterocycles. The lowest BCUT2D eigenvalue weighted by Gasteiger charge is -2.36. The van der Waals surface area contributed by atoms with Gasteiger partial charge in [0.05, 0.1) is 5.41 Å². The third-order valence-corrected chi connectivity index (χ3v) is 4.13. The van der Waals surface area contributed by atoms with Crippen molar-refractivity contribution in [2.75, 3.05) is 13.1 Å². The molecule has 1 aliphatic heterocycles. The van der Waals surface area contributed by atoms with Crippen molar-refractivity contribution in [2.24, 2.45) is 5.41 Å². The number of piperidine rings is 1. The first-order chi connectivity index (χ1) is 10.1. The van der Waals surface area contributed by atoms with Crippen LogP contribution in [0.3, 0.4) is 0 Å². The van der Waals surface area contributed by atoms with Crippen LogP contribution < -0.4 is 10.6 Å². The molecule has 116 valence electrons. The van der Waals surface area contributed by atoms with E-state index in [1.165, 1.54) is 0 Å². The SMILES string of the molecule is CCCC1(C(=O)NCc2cc(F)ccc2F)CCCNC1. The van der Waals surface area contributed by atoms with Gasteiger partial charge in [0.25, 0.3) is 0 Å². The highest BCUT2D eigenvalue weighted by Crippen LogP contribution is 2.32. The molecule has 0 saturated carbocycles. The second kappa shape index (κ2) is 6.98. The summed E-state index contributed by atoms with van der Waals surface area (Å²) in [4.78, 5) is 12.5. The van der Waals surface area contributed by atoms with Gasteiger partial charge in [-0.25, -0.2) is 8.78 Å². The molecule has 1 unspecified atom stereocenters. The predicted molar refractivity (Wildman–Crippen MR) is 77.6 cm³/mol. The molecular formula is C16H22F2N2O. The number of hydrogen-bond acceptors (Lipinski definition) is 2. The molecule has 0 spiro atoms. The first kappa shape index (κ1) is 15.9. The van der Waals surface area contributed by atoms with Gasteiger partial charge in [-0.15, -0.1) is 0 Å². The third-order valence-electron chi connectivity index (χ3n) is 4.13. The summed E-state index contributed by atoms with van der Waals surface area (Å²) in [7, 11) is 0. The van der Waals surface area contributed by atoms with E-state index in [0.29, 0.717) is 6.54 Å². The lowest BCUT2D eigenvalue weighted by Crippen LogP contribution is -2.50. The van der Waals surface area contributed by atoms with Gasteiger partial charge in [-0.2, -0.15) is 0 Å². The molecular weight excluding hydrogens is 274 g/mol. The lowest BCUT2D eigenvalue weighted by atomic mass is 9.76. The number of halogens is 2. The van der Waals surface area contributed by atoms with Crippen LogP contribution in [0.1, 0.15) is 38.2 Å². The maximum atomic E-state index is 13.6. The van der Waals surface area contributed by atoms with Gasteiger partial charge in [-0.3, -0.25) is 4.79 Å². The highest BCUT2D eigenvalue weighted by Gasteiger charge is 2.38. The minimum absolute atomic E-state index is 0.0217. The van der Waals surface area contributed by atoms with E-state index < -0.39 is 17.0 Å². The summed E-state index contributed by atoms with van der Waals surface area (Å²) < 4.78 is 26.7. The lowest BCUT2D eigenvalue weighted by molar-refractivity contribution is -0.132. The van der Waals surface area contributed by atoms with Gasteiger partial charge >= 0.3 is 0 Å². The molecule has 1 heterocycles. The van der Waals surface area contributed by atoms with Crippen LogP contribution in [0.25, 0.3) is 0 Å². The van der Waals surface area contributed by atoms with Crippen molar-refractivity contribution in [3.63, 3.8) is 0 Å². The summed E-state index contributed by atoms with van der Waals surface area (Å²) in [5, 5.41) is 6.04. The Balaban J connectivity index is 2.03. The fraction of sp³-hybridized carbons (Fsp3) is 0.562. The second-order valence-corrected chi connectivity index (χ2v) is 5.73. The zero-order valence-electron chi connectivity index (χ0n) is 12.3. The number of amides is 1. The third kappa shape index (κ3) is 3.79. The van der Waals surface area contributed by atoms with E-state index in [9.17, 15) is 13.6 Å². The molecule has 21 heavy (non-hydrogen) atoms. The van der Waals surface area contributed by atoms with E-state index in [2.05, 4.69) is 17.6 Å². The summed E-state index contributed by atoms with van der Waals surface area (Å²) in [6, 6.07) is 3.28. The zero-order valence-corrected chi connectivity index (χ0v) is 12.3. The minimum Gasteiger partial charge on any atom is -0.351 e. The topological polar surface area (TPSA) is 41.1 Å². The molecule has 1 fully saturated rings. The van der Waals surface area contributed by atoms with Crippen molar-refractivity contribution in [2.45, 2.75) is 39.2 Å². The van der Waals surface area contributed by atoms with Gasteiger partial charge in [0.1, 0.15) is 11.6 Å². The van der Waals surface area contributed by atoms with E-state index >= 15 is 0 Å². The Morgan fingerprint density at radius 1 is 1.43 bits per heavy atom. The van der Waals surface area contributed by atoms with Crippen LogP contribution in [-0.2, 0) is 11.3 Å². The summed E-state index contributed by atoms with van der Waals surface area (Å²) in [5.74, 6) is -1.06. The van der Waals surface area contributed by atoms with Gasteiger partial charge in [-0.05, 0) is 44.0 Å². The molecule has 1 amide bonds. The maximum absolute atomic E-state index is 13.6. The molecule has 2 rings (SSSR count). The van der Waals surface area contributed by atoms with Crippen LogP contribution in [0.15, 0.2) is 18.2 Å². The van der Waals surface area contributed by atoms with Crippen molar-refractivity contribution in [3.05, 3.63) is 35.4 Å². The minimum atomic E-state index is -0.497. The molecule has 0 aromatic heterocycles. The standard InChI is InChI=1S/C16H22F2N2O/c1-2-6-16(7-3-8-19-11-16)15(21)20-10-12-9-13(17)4-5-14(12)18/h4-5,9,19H,2-3,6-8,10-11H2,1H3,(H,20,21). The highest BCUT2D eigenvalue weighted by atomic mass is 19.1. The number of hydrogen-bond donors (Lipinski definition) is 2. The maximum Gasteiger partial charge on any atom is 0.227 e. The second-order valence-electron chi connectivity index (χ2n) is 5.73. The average molecular weight is 296 g/mol. The van der Waals surface area contributed by atoms with Gasteiger partial charge in [0.15, 0.2) is 0 Å². The molecule has 5 heteroatoms. The van der Waals surface area contributed by atoms with Gasteiger partial charge in [0, 0.05) is 18.7 Å². The van der Waals surface area contributed by atoms with Crippen LogP contribution in [-0.4, -0.2) is 19.0 Å². The van der Waals surface area contributed by atoms with E-state index in [1.807, 2.05) is 0 Å². The Morgan fingerprint density at radius 3 is 2.90 bits per heavy atom. The summed E-state index contributed by atoms with van der Waals surface area (Å²) >= 11 is 0. The van der Waals surface area contributed by atoms with E-state index in [4.69, 9.17) is 0 Å². The fourth-order valence-corrected chi connectivity index (χ4v) is 3.01. The van der Waals surface area contributed by atoms with Crippen LogP contribution in [0.4, 0.5) is 8.78 Å². The molecule has 0 radical (unpaired) electrons. The predicted octanol–water partition coefficient (Wildman–Crippen LogP) is 2.75. The Morgan fingerprint density at radius 2 is 2.24 bits per heavy atom. The monoisotopic (exact) mass is 296 g/mol. The van der Waals surface area contributed by atoms with Crippen LogP contribution in [0, 0.1) is 17.0 Å². The van der Waals surface area contributed by atoms with Crippen molar-refractivity contribution in [1.29, 1.82) is 0 Å². The fourth-order valence-electron chi connectivity index (χ4n) is 3.01. The van der Waals surface area contributed by atoms with Crippen LogP contribution in [0.2, 0.25) is 0 Å². The molecule has 0 aliphatic carbocycles. The van der Waals surface area contributed by atoms with Gasteiger partial charge < -0.3 is 10.6 Å². The Kier molecular flexibility index (Phi) is 5.28. The normalized spacial score (nSPS) is 22.0.